The minimum Gasteiger partial charge on any atom is -0.306 e. The molecule has 0 fully saturated rings. The van der Waals surface area contributed by atoms with Crippen LogP contribution in [0.15, 0.2) is 77.6 Å². The van der Waals surface area contributed by atoms with Gasteiger partial charge in [0.2, 0.25) is 0 Å². The number of benzene rings is 3. The third-order valence-corrected chi connectivity index (χ3v) is 4.08. The van der Waals surface area contributed by atoms with Gasteiger partial charge in [0.25, 0.3) is 0 Å². The molecule has 0 saturated heterocycles. The van der Waals surface area contributed by atoms with Crippen LogP contribution in [-0.2, 0) is 6.42 Å². The molecule has 0 aliphatic rings. The van der Waals surface area contributed by atoms with Gasteiger partial charge in [0.1, 0.15) is 0 Å². The smallest absolute Gasteiger partial charge is 0.306 e. The first-order valence-corrected chi connectivity index (χ1v) is 7.64. The molecular weight excluding hydrogens is 284 g/mol. The van der Waals surface area contributed by atoms with E-state index in [1.165, 1.54) is 16.7 Å². The van der Waals surface area contributed by atoms with Crippen molar-refractivity contribution in [2.24, 2.45) is 0 Å². The van der Waals surface area contributed by atoms with Gasteiger partial charge in [0.05, 0.1) is 11.0 Å². The molecule has 4 rings (SSSR count). The average Bonchev–Trinajstić information content (AvgIpc) is 2.95. The van der Waals surface area contributed by atoms with Crippen molar-refractivity contribution in [2.45, 2.75) is 6.42 Å². The van der Waals surface area contributed by atoms with Crippen molar-refractivity contribution >= 4 is 11.0 Å². The van der Waals surface area contributed by atoms with E-state index < -0.39 is 0 Å². The Labute approximate surface area is 133 Å². The van der Waals surface area contributed by atoms with Crippen molar-refractivity contribution in [1.29, 1.82) is 0 Å². The van der Waals surface area contributed by atoms with Crippen LogP contribution in [0.5, 0.6) is 0 Å². The Morgan fingerprint density at radius 2 is 1.48 bits per heavy atom. The lowest BCUT2D eigenvalue weighted by atomic mass is 9.95. The number of aromatic nitrogens is 2. The SMILES string of the molecule is O=c1[nH]c2ccc(-c3ccccc3Cc3ccccc3)cc2[nH]1. The molecule has 1 heterocycles. The fourth-order valence-electron chi connectivity index (χ4n) is 2.97. The summed E-state index contributed by atoms with van der Waals surface area (Å²) in [7, 11) is 0. The monoisotopic (exact) mass is 300 g/mol. The zero-order valence-corrected chi connectivity index (χ0v) is 12.5. The molecule has 0 unspecified atom stereocenters. The van der Waals surface area contributed by atoms with Crippen molar-refractivity contribution in [3.63, 3.8) is 0 Å². The molecule has 0 radical (unpaired) electrons. The van der Waals surface area contributed by atoms with E-state index in [4.69, 9.17) is 0 Å². The van der Waals surface area contributed by atoms with Gasteiger partial charge in [-0.3, -0.25) is 0 Å². The van der Waals surface area contributed by atoms with E-state index in [2.05, 4.69) is 58.5 Å². The van der Waals surface area contributed by atoms with Gasteiger partial charge in [0.15, 0.2) is 0 Å². The van der Waals surface area contributed by atoms with Crippen molar-refractivity contribution in [2.75, 3.05) is 0 Å². The summed E-state index contributed by atoms with van der Waals surface area (Å²) in [5.74, 6) is 0. The number of imidazole rings is 1. The zero-order valence-electron chi connectivity index (χ0n) is 12.5. The van der Waals surface area contributed by atoms with Gasteiger partial charge < -0.3 is 9.97 Å². The Balaban J connectivity index is 1.79. The fraction of sp³-hybridized carbons (Fsp3) is 0.0500. The molecule has 112 valence electrons. The van der Waals surface area contributed by atoms with Gasteiger partial charge >= 0.3 is 5.69 Å². The first-order valence-electron chi connectivity index (χ1n) is 7.64. The predicted octanol–water partition coefficient (Wildman–Crippen LogP) is 4.11. The van der Waals surface area contributed by atoms with Gasteiger partial charge in [-0.1, -0.05) is 60.7 Å². The topological polar surface area (TPSA) is 48.6 Å². The number of rotatable bonds is 3. The number of hydrogen-bond acceptors (Lipinski definition) is 1. The molecule has 0 atom stereocenters. The molecule has 0 aliphatic heterocycles. The Kier molecular flexibility index (Phi) is 3.31. The number of fused-ring (bicyclic) bond motifs is 1. The summed E-state index contributed by atoms with van der Waals surface area (Å²) in [6.45, 7) is 0. The largest absolute Gasteiger partial charge is 0.323 e. The first kappa shape index (κ1) is 13.6. The van der Waals surface area contributed by atoms with Crippen molar-refractivity contribution < 1.29 is 0 Å². The lowest BCUT2D eigenvalue weighted by molar-refractivity contribution is 1.20. The first-order chi connectivity index (χ1) is 11.3. The molecule has 0 spiro atoms. The van der Waals surface area contributed by atoms with Crippen LogP contribution in [0, 0.1) is 0 Å². The standard InChI is InChI=1S/C20H16N2O/c23-20-21-18-11-10-16(13-19(18)22-20)17-9-5-4-8-15(17)12-14-6-2-1-3-7-14/h1-11,13H,12H2,(H2,21,22,23). The van der Waals surface area contributed by atoms with Crippen LogP contribution < -0.4 is 5.69 Å². The molecule has 0 aliphatic carbocycles. The minimum atomic E-state index is -0.172. The van der Waals surface area contributed by atoms with Crippen LogP contribution in [0.1, 0.15) is 11.1 Å². The van der Waals surface area contributed by atoms with E-state index in [0.29, 0.717) is 0 Å². The highest BCUT2D eigenvalue weighted by atomic mass is 16.1. The number of aromatic amines is 2. The van der Waals surface area contributed by atoms with Crippen LogP contribution >= 0.6 is 0 Å². The van der Waals surface area contributed by atoms with Crippen LogP contribution in [0.2, 0.25) is 0 Å². The van der Waals surface area contributed by atoms with Gasteiger partial charge in [-0.2, -0.15) is 0 Å². The van der Waals surface area contributed by atoms with E-state index in [1.54, 1.807) is 0 Å². The molecule has 3 heteroatoms. The summed E-state index contributed by atoms with van der Waals surface area (Å²) >= 11 is 0. The molecule has 0 bridgehead atoms. The van der Waals surface area contributed by atoms with Gasteiger partial charge in [-0.15, -0.1) is 0 Å². The summed E-state index contributed by atoms with van der Waals surface area (Å²) in [4.78, 5) is 17.0. The van der Waals surface area contributed by atoms with E-state index in [-0.39, 0.29) is 5.69 Å². The molecule has 3 nitrogen and oxygen atoms in total. The molecule has 23 heavy (non-hydrogen) atoms. The molecule has 3 aromatic carbocycles. The van der Waals surface area contributed by atoms with Crippen LogP contribution in [0.3, 0.4) is 0 Å². The van der Waals surface area contributed by atoms with Crippen molar-refractivity contribution in [3.05, 3.63) is 94.4 Å². The maximum Gasteiger partial charge on any atom is 0.323 e. The lowest BCUT2D eigenvalue weighted by Crippen LogP contribution is -1.99. The minimum absolute atomic E-state index is 0.172. The number of H-pyrrole nitrogens is 2. The Morgan fingerprint density at radius 3 is 2.35 bits per heavy atom. The van der Waals surface area contributed by atoms with Gasteiger partial charge in [0, 0.05) is 0 Å². The highest BCUT2D eigenvalue weighted by Crippen LogP contribution is 2.27. The van der Waals surface area contributed by atoms with Crippen LogP contribution in [-0.4, -0.2) is 9.97 Å². The predicted molar refractivity (Wildman–Crippen MR) is 93.6 cm³/mol. The third-order valence-electron chi connectivity index (χ3n) is 4.08. The van der Waals surface area contributed by atoms with Gasteiger partial charge in [-0.05, 0) is 40.8 Å². The second-order valence-corrected chi connectivity index (χ2v) is 5.66. The number of hydrogen-bond donors (Lipinski definition) is 2. The van der Waals surface area contributed by atoms with E-state index in [1.807, 2.05) is 24.3 Å². The Morgan fingerprint density at radius 1 is 0.739 bits per heavy atom. The Bertz CT molecular complexity index is 1010. The quantitative estimate of drug-likeness (QED) is 0.587. The molecular formula is C20H16N2O. The maximum atomic E-state index is 11.4. The molecule has 0 saturated carbocycles. The van der Waals surface area contributed by atoms with Crippen molar-refractivity contribution in [3.8, 4) is 11.1 Å². The van der Waals surface area contributed by atoms with E-state index >= 15 is 0 Å². The third kappa shape index (κ3) is 2.69. The second kappa shape index (κ2) is 5.61. The average molecular weight is 300 g/mol. The second-order valence-electron chi connectivity index (χ2n) is 5.66. The summed E-state index contributed by atoms with van der Waals surface area (Å²) in [6.07, 6.45) is 0.888. The van der Waals surface area contributed by atoms with Crippen LogP contribution in [0.25, 0.3) is 22.2 Å². The molecule has 0 amide bonds. The fourth-order valence-corrected chi connectivity index (χ4v) is 2.97. The Hall–Kier alpha value is -3.07. The summed E-state index contributed by atoms with van der Waals surface area (Å²) < 4.78 is 0. The summed E-state index contributed by atoms with van der Waals surface area (Å²) in [5.41, 5.74) is 6.36. The maximum absolute atomic E-state index is 11.4. The van der Waals surface area contributed by atoms with Crippen LogP contribution in [0.4, 0.5) is 0 Å². The zero-order chi connectivity index (χ0) is 15.6. The summed E-state index contributed by atoms with van der Waals surface area (Å²) in [6, 6.07) is 24.9. The molecule has 2 N–H and O–H groups in total. The van der Waals surface area contributed by atoms with E-state index in [0.717, 1.165) is 23.0 Å². The highest BCUT2D eigenvalue weighted by Gasteiger charge is 2.07. The molecule has 1 aromatic heterocycles. The number of nitrogens with one attached hydrogen (secondary N) is 2. The highest BCUT2D eigenvalue weighted by molar-refractivity contribution is 5.82. The molecule has 4 aromatic rings. The normalized spacial score (nSPS) is 11.0. The summed E-state index contributed by atoms with van der Waals surface area (Å²) in [5, 5.41) is 0. The van der Waals surface area contributed by atoms with Gasteiger partial charge in [-0.25, -0.2) is 4.79 Å². The van der Waals surface area contributed by atoms with E-state index in [9.17, 15) is 4.79 Å². The lowest BCUT2D eigenvalue weighted by Gasteiger charge is -2.10. The van der Waals surface area contributed by atoms with Crippen molar-refractivity contribution in [1.82, 2.24) is 9.97 Å².